The lowest BCUT2D eigenvalue weighted by Gasteiger charge is -2.12. The van der Waals surface area contributed by atoms with Crippen molar-refractivity contribution in [2.24, 2.45) is 11.7 Å². The van der Waals surface area contributed by atoms with E-state index in [4.69, 9.17) is 10.3 Å². The summed E-state index contributed by atoms with van der Waals surface area (Å²) in [4.78, 5) is 12.1. The normalized spacial score (nSPS) is 14.5. The number of nitrogens with two attached hydrogens (primary N) is 1. The topological polar surface area (TPSA) is 90.7 Å². The van der Waals surface area contributed by atoms with Crippen molar-refractivity contribution in [1.29, 1.82) is 0 Å². The molecule has 90 valence electrons. The molecule has 0 radical (unpaired) electrons. The first kappa shape index (κ1) is 11.7. The Morgan fingerprint density at radius 1 is 1.47 bits per heavy atom. The first-order valence-electron chi connectivity index (χ1n) is 5.58. The molecule has 2 aromatic rings. The van der Waals surface area contributed by atoms with Crippen molar-refractivity contribution >= 4 is 0 Å². The third kappa shape index (κ3) is 2.47. The highest BCUT2D eigenvalue weighted by atomic mass is 16.5. The van der Waals surface area contributed by atoms with E-state index in [0.29, 0.717) is 23.3 Å². The van der Waals surface area contributed by atoms with Gasteiger partial charge in [-0.05, 0) is 12.0 Å². The van der Waals surface area contributed by atoms with Gasteiger partial charge in [0.15, 0.2) is 0 Å². The number of rotatable bonds is 4. The SMILES string of the molecule is CCC(C)C(N)c1nc(-c2ccncn2)no1. The highest BCUT2D eigenvalue weighted by Gasteiger charge is 2.20. The van der Waals surface area contributed by atoms with E-state index < -0.39 is 0 Å². The van der Waals surface area contributed by atoms with Crippen molar-refractivity contribution in [3.63, 3.8) is 0 Å². The molecule has 2 N–H and O–H groups in total. The summed E-state index contributed by atoms with van der Waals surface area (Å²) in [6.45, 7) is 4.13. The van der Waals surface area contributed by atoms with Gasteiger partial charge in [-0.15, -0.1) is 0 Å². The second-order valence-electron chi connectivity index (χ2n) is 3.96. The number of hydrogen-bond acceptors (Lipinski definition) is 6. The van der Waals surface area contributed by atoms with Crippen LogP contribution in [-0.2, 0) is 0 Å². The number of nitrogens with zero attached hydrogens (tertiary/aromatic N) is 4. The van der Waals surface area contributed by atoms with Gasteiger partial charge in [-0.2, -0.15) is 4.98 Å². The lowest BCUT2D eigenvalue weighted by molar-refractivity contribution is 0.312. The molecule has 6 nitrogen and oxygen atoms in total. The first-order valence-corrected chi connectivity index (χ1v) is 5.58. The second kappa shape index (κ2) is 5.01. The summed E-state index contributed by atoms with van der Waals surface area (Å²) in [6.07, 6.45) is 4.04. The molecule has 2 rings (SSSR count). The van der Waals surface area contributed by atoms with E-state index in [1.165, 1.54) is 6.33 Å². The molecule has 0 saturated carbocycles. The lowest BCUT2D eigenvalue weighted by Crippen LogP contribution is -2.18. The first-order chi connectivity index (χ1) is 8.22. The molecule has 2 aromatic heterocycles. The second-order valence-corrected chi connectivity index (χ2v) is 3.96. The summed E-state index contributed by atoms with van der Waals surface area (Å²) in [6, 6.07) is 1.49. The molecule has 0 bridgehead atoms. The summed E-state index contributed by atoms with van der Waals surface area (Å²) in [5, 5.41) is 3.87. The molecule has 0 spiro atoms. The van der Waals surface area contributed by atoms with Crippen LogP contribution in [0.15, 0.2) is 23.1 Å². The van der Waals surface area contributed by atoms with Crippen LogP contribution in [0.25, 0.3) is 11.5 Å². The van der Waals surface area contributed by atoms with E-state index in [9.17, 15) is 0 Å². The molecule has 0 aromatic carbocycles. The fourth-order valence-corrected chi connectivity index (χ4v) is 1.39. The molecule has 6 heteroatoms. The molecule has 0 aliphatic heterocycles. The third-order valence-electron chi connectivity index (χ3n) is 2.79. The molecule has 2 unspecified atom stereocenters. The molecular formula is C11H15N5O. The molecule has 0 fully saturated rings. The highest BCUT2D eigenvalue weighted by molar-refractivity contribution is 5.46. The zero-order valence-corrected chi connectivity index (χ0v) is 9.87. The molecule has 17 heavy (non-hydrogen) atoms. The average Bonchev–Trinajstić information content (AvgIpc) is 2.87. The van der Waals surface area contributed by atoms with Crippen molar-refractivity contribution < 1.29 is 4.52 Å². The molecular weight excluding hydrogens is 218 g/mol. The van der Waals surface area contributed by atoms with Gasteiger partial charge in [-0.25, -0.2) is 9.97 Å². The minimum atomic E-state index is -0.233. The number of hydrogen-bond donors (Lipinski definition) is 1. The molecule has 0 aliphatic carbocycles. The van der Waals surface area contributed by atoms with Gasteiger partial charge in [-0.3, -0.25) is 0 Å². The fourth-order valence-electron chi connectivity index (χ4n) is 1.39. The van der Waals surface area contributed by atoms with Crippen molar-refractivity contribution in [3.8, 4) is 11.5 Å². The maximum Gasteiger partial charge on any atom is 0.244 e. The Balaban J connectivity index is 2.22. The Hall–Kier alpha value is -1.82. The van der Waals surface area contributed by atoms with Crippen LogP contribution in [0, 0.1) is 5.92 Å². The minimum Gasteiger partial charge on any atom is -0.337 e. The lowest BCUT2D eigenvalue weighted by atomic mass is 10.0. The van der Waals surface area contributed by atoms with Crippen LogP contribution in [-0.4, -0.2) is 20.1 Å². The zero-order valence-electron chi connectivity index (χ0n) is 9.87. The van der Waals surface area contributed by atoms with E-state index in [2.05, 4.69) is 34.0 Å². The summed E-state index contributed by atoms with van der Waals surface area (Å²) in [5.74, 6) is 1.20. The van der Waals surface area contributed by atoms with E-state index >= 15 is 0 Å². The van der Waals surface area contributed by atoms with Gasteiger partial charge in [0.2, 0.25) is 11.7 Å². The fraction of sp³-hybridized carbons (Fsp3) is 0.455. The summed E-state index contributed by atoms with van der Waals surface area (Å²) in [5.41, 5.74) is 6.64. The van der Waals surface area contributed by atoms with Crippen LogP contribution >= 0.6 is 0 Å². The Bertz CT molecular complexity index is 470. The molecule has 0 aliphatic rings. The Morgan fingerprint density at radius 2 is 2.29 bits per heavy atom. The molecule has 0 amide bonds. The van der Waals surface area contributed by atoms with Gasteiger partial charge < -0.3 is 10.3 Å². The van der Waals surface area contributed by atoms with E-state index in [0.717, 1.165) is 6.42 Å². The highest BCUT2D eigenvalue weighted by Crippen LogP contribution is 2.22. The van der Waals surface area contributed by atoms with Gasteiger partial charge in [0.05, 0.1) is 6.04 Å². The molecule has 0 saturated heterocycles. The Labute approximate surface area is 99.3 Å². The van der Waals surface area contributed by atoms with Gasteiger partial charge in [0.1, 0.15) is 12.0 Å². The van der Waals surface area contributed by atoms with Gasteiger partial charge in [0.25, 0.3) is 0 Å². The smallest absolute Gasteiger partial charge is 0.244 e. The van der Waals surface area contributed by atoms with Gasteiger partial charge in [0, 0.05) is 6.20 Å². The molecule has 2 atom stereocenters. The van der Waals surface area contributed by atoms with E-state index in [1.807, 2.05) is 0 Å². The average molecular weight is 233 g/mol. The summed E-state index contributed by atoms with van der Waals surface area (Å²) >= 11 is 0. The van der Waals surface area contributed by atoms with Crippen LogP contribution in [0.1, 0.15) is 32.2 Å². The van der Waals surface area contributed by atoms with Crippen LogP contribution < -0.4 is 5.73 Å². The predicted molar refractivity (Wildman–Crippen MR) is 61.7 cm³/mol. The Kier molecular flexibility index (Phi) is 3.43. The van der Waals surface area contributed by atoms with Crippen molar-refractivity contribution in [3.05, 3.63) is 24.5 Å². The minimum absolute atomic E-state index is 0.233. The zero-order chi connectivity index (χ0) is 12.3. The quantitative estimate of drug-likeness (QED) is 0.861. The standard InChI is InChI=1S/C11H15N5O/c1-3-7(2)9(12)11-15-10(16-17-11)8-4-5-13-6-14-8/h4-7,9H,3,12H2,1-2H3. The van der Waals surface area contributed by atoms with Crippen molar-refractivity contribution in [2.45, 2.75) is 26.3 Å². The van der Waals surface area contributed by atoms with Crippen molar-refractivity contribution in [1.82, 2.24) is 20.1 Å². The maximum atomic E-state index is 6.01. The van der Waals surface area contributed by atoms with Crippen LogP contribution in [0.5, 0.6) is 0 Å². The van der Waals surface area contributed by atoms with Crippen molar-refractivity contribution in [2.75, 3.05) is 0 Å². The van der Waals surface area contributed by atoms with Gasteiger partial charge in [-0.1, -0.05) is 25.4 Å². The van der Waals surface area contributed by atoms with E-state index in [-0.39, 0.29) is 6.04 Å². The van der Waals surface area contributed by atoms with Gasteiger partial charge >= 0.3 is 0 Å². The third-order valence-corrected chi connectivity index (χ3v) is 2.79. The van der Waals surface area contributed by atoms with Crippen LogP contribution in [0.4, 0.5) is 0 Å². The van der Waals surface area contributed by atoms with Crippen LogP contribution in [0.3, 0.4) is 0 Å². The summed E-state index contributed by atoms with van der Waals surface area (Å²) < 4.78 is 5.16. The Morgan fingerprint density at radius 3 is 2.94 bits per heavy atom. The maximum absolute atomic E-state index is 6.01. The molecule has 2 heterocycles. The predicted octanol–water partition coefficient (Wildman–Crippen LogP) is 1.57. The largest absolute Gasteiger partial charge is 0.337 e. The number of aromatic nitrogens is 4. The van der Waals surface area contributed by atoms with Crippen LogP contribution in [0.2, 0.25) is 0 Å². The van der Waals surface area contributed by atoms with E-state index in [1.54, 1.807) is 12.3 Å². The summed E-state index contributed by atoms with van der Waals surface area (Å²) in [7, 11) is 0. The monoisotopic (exact) mass is 233 g/mol.